The predicted molar refractivity (Wildman–Crippen MR) is 116 cm³/mol. The van der Waals surface area contributed by atoms with Crippen LogP contribution in [0, 0.1) is 0 Å². The molecule has 0 aliphatic carbocycles. The smallest absolute Gasteiger partial charge is 0.252 e. The maximum absolute atomic E-state index is 12.4. The highest BCUT2D eigenvalue weighted by atomic mass is 35.5. The summed E-state index contributed by atoms with van der Waals surface area (Å²) in [5, 5.41) is 1.75. The lowest BCUT2D eigenvalue weighted by Gasteiger charge is -2.36. The van der Waals surface area contributed by atoms with Crippen LogP contribution in [0.1, 0.15) is 5.56 Å². The third-order valence-corrected chi connectivity index (χ3v) is 5.95. The van der Waals surface area contributed by atoms with E-state index in [4.69, 9.17) is 34.8 Å². The second kappa shape index (κ2) is 7.91. The molecule has 0 spiro atoms. The fourth-order valence-electron chi connectivity index (χ4n) is 3.57. The molecular formula is C20H19Cl3N4O. The standard InChI is InChI=1S/C20H19Cl3N4O/c1-25-16-4-5-18(23)24-20(16)17(11-19(25)28)27-8-6-26(7-9-27)12-13-2-3-14(21)10-15(13)22/h2-5,10-11H,6-9,12H2,1H3. The number of fused-ring (bicyclic) bond motifs is 1. The Morgan fingerprint density at radius 2 is 1.75 bits per heavy atom. The molecule has 0 unspecified atom stereocenters. The van der Waals surface area contributed by atoms with Crippen LogP contribution in [-0.2, 0) is 13.6 Å². The Bertz CT molecular complexity index is 1090. The average Bonchev–Trinajstić information content (AvgIpc) is 2.67. The van der Waals surface area contributed by atoms with E-state index in [2.05, 4.69) is 14.8 Å². The number of rotatable bonds is 3. The number of hydrogen-bond acceptors (Lipinski definition) is 4. The third kappa shape index (κ3) is 3.85. The van der Waals surface area contributed by atoms with E-state index in [9.17, 15) is 4.79 Å². The number of halogens is 3. The van der Waals surface area contributed by atoms with Crippen molar-refractivity contribution in [3.05, 3.63) is 67.5 Å². The molecule has 1 aromatic carbocycles. The number of benzene rings is 1. The first-order valence-electron chi connectivity index (χ1n) is 9.00. The first kappa shape index (κ1) is 19.5. The Morgan fingerprint density at radius 1 is 1.00 bits per heavy atom. The second-order valence-corrected chi connectivity index (χ2v) is 8.16. The normalized spacial score (nSPS) is 15.4. The Labute approximate surface area is 178 Å². The molecule has 0 N–H and O–H groups in total. The fourth-order valence-corrected chi connectivity index (χ4v) is 4.18. The number of anilines is 1. The minimum absolute atomic E-state index is 0.0537. The Hall–Kier alpha value is -1.79. The third-order valence-electron chi connectivity index (χ3n) is 5.16. The quantitative estimate of drug-likeness (QED) is 0.576. The number of aromatic nitrogens is 2. The highest BCUT2D eigenvalue weighted by Crippen LogP contribution is 2.27. The maximum atomic E-state index is 12.4. The van der Waals surface area contributed by atoms with Crippen LogP contribution in [-0.4, -0.2) is 40.6 Å². The lowest BCUT2D eigenvalue weighted by molar-refractivity contribution is 0.250. The lowest BCUT2D eigenvalue weighted by atomic mass is 10.1. The van der Waals surface area contributed by atoms with Gasteiger partial charge in [-0.2, -0.15) is 0 Å². The van der Waals surface area contributed by atoms with Gasteiger partial charge in [-0.3, -0.25) is 9.69 Å². The highest BCUT2D eigenvalue weighted by molar-refractivity contribution is 6.35. The largest absolute Gasteiger partial charge is 0.367 e. The van der Waals surface area contributed by atoms with Crippen LogP contribution in [0.3, 0.4) is 0 Å². The molecule has 0 radical (unpaired) electrons. The molecule has 0 saturated carbocycles. The minimum Gasteiger partial charge on any atom is -0.367 e. The summed E-state index contributed by atoms with van der Waals surface area (Å²) in [6.07, 6.45) is 0. The second-order valence-electron chi connectivity index (χ2n) is 6.93. The van der Waals surface area contributed by atoms with Gasteiger partial charge in [0.2, 0.25) is 0 Å². The maximum Gasteiger partial charge on any atom is 0.252 e. The van der Waals surface area contributed by atoms with Crippen molar-refractivity contribution in [2.45, 2.75) is 6.54 Å². The summed E-state index contributed by atoms with van der Waals surface area (Å²) in [4.78, 5) is 21.4. The zero-order valence-corrected chi connectivity index (χ0v) is 17.6. The van der Waals surface area contributed by atoms with E-state index in [1.54, 1.807) is 29.8 Å². The van der Waals surface area contributed by atoms with Crippen molar-refractivity contribution in [1.29, 1.82) is 0 Å². The van der Waals surface area contributed by atoms with E-state index in [0.717, 1.165) is 55.0 Å². The van der Waals surface area contributed by atoms with Crippen molar-refractivity contribution in [3.63, 3.8) is 0 Å². The first-order valence-corrected chi connectivity index (χ1v) is 10.1. The van der Waals surface area contributed by atoms with Gasteiger partial charge in [0, 0.05) is 55.9 Å². The van der Waals surface area contributed by atoms with E-state index in [-0.39, 0.29) is 5.56 Å². The summed E-state index contributed by atoms with van der Waals surface area (Å²) in [5.74, 6) is 0. The summed E-state index contributed by atoms with van der Waals surface area (Å²) in [5.41, 5.74) is 3.38. The van der Waals surface area contributed by atoms with Crippen LogP contribution in [0.5, 0.6) is 0 Å². The van der Waals surface area contributed by atoms with Gasteiger partial charge >= 0.3 is 0 Å². The Morgan fingerprint density at radius 3 is 2.46 bits per heavy atom. The van der Waals surface area contributed by atoms with E-state index >= 15 is 0 Å². The van der Waals surface area contributed by atoms with E-state index in [1.165, 1.54) is 0 Å². The monoisotopic (exact) mass is 436 g/mol. The molecule has 2 aromatic heterocycles. The molecule has 0 bridgehead atoms. The topological polar surface area (TPSA) is 41.4 Å². The van der Waals surface area contributed by atoms with Crippen LogP contribution >= 0.6 is 34.8 Å². The van der Waals surface area contributed by atoms with Crippen LogP contribution in [0.15, 0.2) is 41.2 Å². The molecule has 1 saturated heterocycles. The number of pyridine rings is 2. The van der Waals surface area contributed by atoms with E-state index in [0.29, 0.717) is 15.2 Å². The average molecular weight is 438 g/mol. The van der Waals surface area contributed by atoms with Gasteiger partial charge in [0.25, 0.3) is 5.56 Å². The van der Waals surface area contributed by atoms with E-state index < -0.39 is 0 Å². The molecule has 1 aliphatic rings. The van der Waals surface area contributed by atoms with Gasteiger partial charge in [-0.25, -0.2) is 4.98 Å². The van der Waals surface area contributed by atoms with Gasteiger partial charge in [0.1, 0.15) is 10.7 Å². The Balaban J connectivity index is 1.55. The van der Waals surface area contributed by atoms with Crippen molar-refractivity contribution in [3.8, 4) is 0 Å². The predicted octanol–water partition coefficient (Wildman–Crippen LogP) is 4.22. The fraction of sp³-hybridized carbons (Fsp3) is 0.300. The van der Waals surface area contributed by atoms with Gasteiger partial charge < -0.3 is 9.47 Å². The van der Waals surface area contributed by atoms with Gasteiger partial charge in [0.05, 0.1) is 11.2 Å². The highest BCUT2D eigenvalue weighted by Gasteiger charge is 2.21. The van der Waals surface area contributed by atoms with Crippen molar-refractivity contribution in [1.82, 2.24) is 14.5 Å². The first-order chi connectivity index (χ1) is 13.4. The van der Waals surface area contributed by atoms with Gasteiger partial charge in [-0.05, 0) is 29.8 Å². The number of piperazine rings is 1. The van der Waals surface area contributed by atoms with Gasteiger partial charge in [-0.1, -0.05) is 40.9 Å². The van der Waals surface area contributed by atoms with Crippen molar-refractivity contribution in [2.75, 3.05) is 31.1 Å². The molecule has 146 valence electrons. The molecule has 3 heterocycles. The molecule has 28 heavy (non-hydrogen) atoms. The van der Waals surface area contributed by atoms with Crippen LogP contribution in [0.4, 0.5) is 5.69 Å². The molecular weight excluding hydrogens is 419 g/mol. The SMILES string of the molecule is Cn1c(=O)cc(N2CCN(Cc3ccc(Cl)cc3Cl)CC2)c2nc(Cl)ccc21. The molecule has 3 aromatic rings. The summed E-state index contributed by atoms with van der Waals surface area (Å²) in [7, 11) is 1.75. The van der Waals surface area contributed by atoms with Crippen LogP contribution < -0.4 is 10.5 Å². The summed E-state index contributed by atoms with van der Waals surface area (Å²) in [6, 6.07) is 10.8. The lowest BCUT2D eigenvalue weighted by Crippen LogP contribution is -2.46. The number of nitrogens with zero attached hydrogens (tertiary/aromatic N) is 4. The molecule has 0 atom stereocenters. The van der Waals surface area contributed by atoms with E-state index in [1.807, 2.05) is 18.2 Å². The van der Waals surface area contributed by atoms with Crippen molar-refractivity contribution < 1.29 is 0 Å². The molecule has 8 heteroatoms. The van der Waals surface area contributed by atoms with Crippen molar-refractivity contribution in [2.24, 2.45) is 7.05 Å². The number of aryl methyl sites for hydroxylation is 1. The Kier molecular flexibility index (Phi) is 5.52. The van der Waals surface area contributed by atoms with Crippen LogP contribution in [0.25, 0.3) is 11.0 Å². The minimum atomic E-state index is -0.0537. The molecule has 5 nitrogen and oxygen atoms in total. The van der Waals surface area contributed by atoms with Crippen molar-refractivity contribution >= 4 is 51.5 Å². The summed E-state index contributed by atoms with van der Waals surface area (Å²) in [6.45, 7) is 4.07. The summed E-state index contributed by atoms with van der Waals surface area (Å²) >= 11 is 18.4. The number of hydrogen-bond donors (Lipinski definition) is 0. The zero-order chi connectivity index (χ0) is 19.8. The van der Waals surface area contributed by atoms with Gasteiger partial charge in [0.15, 0.2) is 0 Å². The van der Waals surface area contributed by atoms with Gasteiger partial charge in [-0.15, -0.1) is 0 Å². The zero-order valence-electron chi connectivity index (χ0n) is 15.3. The molecule has 4 rings (SSSR count). The summed E-state index contributed by atoms with van der Waals surface area (Å²) < 4.78 is 1.60. The van der Waals surface area contributed by atoms with Crippen LogP contribution in [0.2, 0.25) is 15.2 Å². The molecule has 1 aliphatic heterocycles. The molecule has 1 fully saturated rings. The molecule has 0 amide bonds.